The highest BCUT2D eigenvalue weighted by atomic mass is 35.5. The minimum atomic E-state index is -0.692. The molecule has 0 saturated carbocycles. The number of guanidine groups is 1. The minimum absolute atomic E-state index is 0.0413. The summed E-state index contributed by atoms with van der Waals surface area (Å²) in [6, 6.07) is 7.06. The van der Waals surface area contributed by atoms with Crippen molar-refractivity contribution in [3.63, 3.8) is 0 Å². The topological polar surface area (TPSA) is 213 Å². The molecule has 1 aromatic carbocycles. The van der Waals surface area contributed by atoms with Gasteiger partial charge in [-0.1, -0.05) is 23.7 Å². The third kappa shape index (κ3) is 9.41. The molecule has 2 aliphatic heterocycles. The first kappa shape index (κ1) is 33.2. The van der Waals surface area contributed by atoms with E-state index < -0.39 is 30.1 Å². The lowest BCUT2D eigenvalue weighted by molar-refractivity contribution is -0.167. The number of nitrogens with zero attached hydrogens (tertiary/aromatic N) is 4. The van der Waals surface area contributed by atoms with Gasteiger partial charge in [-0.3, -0.25) is 19.9 Å². The summed E-state index contributed by atoms with van der Waals surface area (Å²) in [5.74, 6) is -1.37. The number of ether oxygens (including phenoxy) is 3. The number of nitrogens with two attached hydrogens (primary N) is 2. The van der Waals surface area contributed by atoms with Gasteiger partial charge in [-0.2, -0.15) is 0 Å². The molecular weight excluding hydrogens is 608 g/mol. The van der Waals surface area contributed by atoms with Crippen LogP contribution in [0.4, 0.5) is 11.6 Å². The number of piperidine rings is 1. The van der Waals surface area contributed by atoms with E-state index in [1.807, 2.05) is 17.0 Å². The van der Waals surface area contributed by atoms with Crippen molar-refractivity contribution < 1.29 is 33.4 Å². The van der Waals surface area contributed by atoms with Crippen LogP contribution >= 0.6 is 11.6 Å². The molecule has 0 bridgehead atoms. The molecule has 15 nitrogen and oxygen atoms in total. The van der Waals surface area contributed by atoms with Crippen LogP contribution < -0.4 is 26.8 Å². The Labute approximate surface area is 265 Å². The van der Waals surface area contributed by atoms with E-state index in [2.05, 4.69) is 25.6 Å². The van der Waals surface area contributed by atoms with Crippen LogP contribution in [0.15, 0.2) is 29.3 Å². The predicted octanol–water partition coefficient (Wildman–Crippen LogP) is 1.24. The zero-order valence-electron chi connectivity index (χ0n) is 25.4. The summed E-state index contributed by atoms with van der Waals surface area (Å²) in [5, 5.41) is 5.81. The largest absolute Gasteiger partial charge is 0.482 e. The maximum absolute atomic E-state index is 12.9. The first-order valence-electron chi connectivity index (χ1n) is 14.3. The van der Waals surface area contributed by atoms with Gasteiger partial charge >= 0.3 is 11.9 Å². The lowest BCUT2D eigenvalue weighted by Gasteiger charge is -2.39. The second-order valence-corrected chi connectivity index (χ2v) is 12.1. The molecule has 0 aliphatic carbocycles. The summed E-state index contributed by atoms with van der Waals surface area (Å²) < 4.78 is 15.4. The standard InChI is InChI=1S/C29H37ClN8O7/c1-28(2,3)45-21(41)15-44-20(40)14-43-18-7-4-17(5-8-18)6-9-19(39)38-12-10-29(11-13-38)16-33-27(37-29)36-26(42)22-24(31)35-25(32)23(30)34-22/h4-5,7-8H,6,9-16H2,1-3H3,(H4,31,32,35)(H2,33,36,37,42). The quantitative estimate of drug-likeness (QED) is 0.284. The molecule has 2 aromatic rings. The van der Waals surface area contributed by atoms with E-state index in [4.69, 9.17) is 37.3 Å². The van der Waals surface area contributed by atoms with Crippen LogP contribution in [-0.4, -0.2) is 88.6 Å². The molecule has 1 fully saturated rings. The molecule has 242 valence electrons. The fourth-order valence-electron chi connectivity index (χ4n) is 4.73. The Morgan fingerprint density at radius 2 is 1.71 bits per heavy atom. The molecule has 0 radical (unpaired) electrons. The number of anilines is 2. The second kappa shape index (κ2) is 14.0. The molecule has 1 aromatic heterocycles. The van der Waals surface area contributed by atoms with Gasteiger partial charge in [0.05, 0.1) is 12.1 Å². The van der Waals surface area contributed by atoms with E-state index in [0.29, 0.717) is 57.0 Å². The molecule has 45 heavy (non-hydrogen) atoms. The number of halogens is 1. The van der Waals surface area contributed by atoms with Crippen molar-refractivity contribution in [2.24, 2.45) is 4.99 Å². The molecule has 2 amide bonds. The van der Waals surface area contributed by atoms with Gasteiger partial charge in [-0.25, -0.2) is 19.6 Å². The predicted molar refractivity (Wildman–Crippen MR) is 164 cm³/mol. The van der Waals surface area contributed by atoms with Gasteiger partial charge in [0.15, 0.2) is 41.7 Å². The number of carbonyl (C=O) groups excluding carboxylic acids is 4. The van der Waals surface area contributed by atoms with Gasteiger partial charge < -0.3 is 35.9 Å². The molecule has 2 aliphatic rings. The Hall–Kier alpha value is -4.66. The molecule has 3 heterocycles. The van der Waals surface area contributed by atoms with Gasteiger partial charge in [0.25, 0.3) is 5.91 Å². The first-order chi connectivity index (χ1) is 21.2. The second-order valence-electron chi connectivity index (χ2n) is 11.7. The molecule has 0 unspecified atom stereocenters. The van der Waals surface area contributed by atoms with Crippen LogP contribution in [0.25, 0.3) is 0 Å². The van der Waals surface area contributed by atoms with Gasteiger partial charge in [-0.05, 0) is 57.7 Å². The molecule has 4 rings (SSSR count). The minimum Gasteiger partial charge on any atom is -0.482 e. The number of esters is 2. The Morgan fingerprint density at radius 3 is 2.38 bits per heavy atom. The number of carbonyl (C=O) groups is 4. The fourth-order valence-corrected chi connectivity index (χ4v) is 4.86. The Morgan fingerprint density at radius 1 is 1.02 bits per heavy atom. The van der Waals surface area contributed by atoms with Crippen LogP contribution in [-0.2, 0) is 30.3 Å². The molecule has 1 saturated heterocycles. The van der Waals surface area contributed by atoms with Crippen LogP contribution in [0.3, 0.4) is 0 Å². The van der Waals surface area contributed by atoms with Crippen molar-refractivity contribution in [3.8, 4) is 5.75 Å². The van der Waals surface area contributed by atoms with E-state index in [1.54, 1.807) is 32.9 Å². The Bertz CT molecular complexity index is 1470. The number of nitrogens with one attached hydrogen (secondary N) is 2. The zero-order valence-corrected chi connectivity index (χ0v) is 26.1. The number of hydrogen-bond acceptors (Lipinski definition) is 13. The summed E-state index contributed by atoms with van der Waals surface area (Å²) in [7, 11) is 0. The van der Waals surface area contributed by atoms with Crippen LogP contribution in [0, 0.1) is 0 Å². The van der Waals surface area contributed by atoms with E-state index in [0.717, 1.165) is 5.56 Å². The van der Waals surface area contributed by atoms with Crippen molar-refractivity contribution in [2.75, 3.05) is 44.3 Å². The maximum atomic E-state index is 12.9. The molecule has 0 atom stereocenters. The van der Waals surface area contributed by atoms with Crippen LogP contribution in [0.1, 0.15) is 56.1 Å². The monoisotopic (exact) mass is 644 g/mol. The summed E-state index contributed by atoms with van der Waals surface area (Å²) in [5.41, 5.74) is 11.1. The number of amides is 2. The number of benzene rings is 1. The van der Waals surface area contributed by atoms with Crippen LogP contribution in [0.2, 0.25) is 5.15 Å². The summed E-state index contributed by atoms with van der Waals surface area (Å²) >= 11 is 5.87. The SMILES string of the molecule is CC(C)(C)OC(=O)COC(=O)COc1ccc(CCC(=O)N2CCC3(CC2)CN=C(NC(=O)c2nc(Cl)c(N)nc2N)N3)cc1. The molecule has 1 spiro atoms. The lowest BCUT2D eigenvalue weighted by atomic mass is 9.88. The van der Waals surface area contributed by atoms with E-state index in [9.17, 15) is 19.2 Å². The molecule has 6 N–H and O–H groups in total. The number of aryl methyl sites for hydroxylation is 1. The average molecular weight is 645 g/mol. The van der Waals surface area contributed by atoms with Crippen molar-refractivity contribution >= 4 is 52.9 Å². The van der Waals surface area contributed by atoms with Crippen molar-refractivity contribution in [2.45, 2.75) is 57.6 Å². The third-order valence-corrected chi connectivity index (χ3v) is 7.31. The number of aromatic nitrogens is 2. The van der Waals surface area contributed by atoms with Crippen molar-refractivity contribution in [1.82, 2.24) is 25.5 Å². The van der Waals surface area contributed by atoms with Crippen molar-refractivity contribution in [3.05, 3.63) is 40.7 Å². The number of aliphatic imine (C=N–C) groups is 1. The highest BCUT2D eigenvalue weighted by molar-refractivity contribution is 6.31. The summed E-state index contributed by atoms with van der Waals surface area (Å²) in [4.78, 5) is 63.0. The summed E-state index contributed by atoms with van der Waals surface area (Å²) in [6.45, 7) is 5.87. The first-order valence-corrected chi connectivity index (χ1v) is 14.7. The lowest BCUT2D eigenvalue weighted by Crippen LogP contribution is -2.57. The number of hydrogen-bond donors (Lipinski definition) is 4. The number of rotatable bonds is 9. The fraction of sp³-hybridized carbons (Fsp3) is 0.483. The van der Waals surface area contributed by atoms with Gasteiger partial charge in [0.2, 0.25) is 5.91 Å². The summed E-state index contributed by atoms with van der Waals surface area (Å²) in [6.07, 6.45) is 2.19. The van der Waals surface area contributed by atoms with Gasteiger partial charge in [-0.15, -0.1) is 0 Å². The third-order valence-electron chi connectivity index (χ3n) is 7.03. The number of likely N-dealkylation sites (tertiary alicyclic amines) is 1. The normalized spacial score (nSPS) is 15.6. The van der Waals surface area contributed by atoms with E-state index in [1.165, 1.54) is 0 Å². The molecule has 16 heteroatoms. The van der Waals surface area contributed by atoms with Crippen LogP contribution in [0.5, 0.6) is 5.75 Å². The number of nitrogen functional groups attached to an aromatic ring is 2. The smallest absolute Gasteiger partial charge is 0.344 e. The maximum Gasteiger partial charge on any atom is 0.344 e. The zero-order chi connectivity index (χ0) is 32.8. The molecular formula is C29H37ClN8O7. The van der Waals surface area contributed by atoms with Gasteiger partial charge in [0, 0.05) is 19.5 Å². The average Bonchev–Trinajstić information content (AvgIpc) is 3.36. The Kier molecular flexibility index (Phi) is 10.3. The van der Waals surface area contributed by atoms with Crippen molar-refractivity contribution in [1.29, 1.82) is 0 Å². The highest BCUT2D eigenvalue weighted by Gasteiger charge is 2.40. The van der Waals surface area contributed by atoms with E-state index in [-0.39, 0.29) is 40.5 Å². The van der Waals surface area contributed by atoms with Gasteiger partial charge in [0.1, 0.15) is 11.4 Å². The highest BCUT2D eigenvalue weighted by Crippen LogP contribution is 2.27. The Balaban J connectivity index is 1.15. The van der Waals surface area contributed by atoms with E-state index >= 15 is 0 Å².